The number of ether oxygens (including phenoxy) is 1. The average molecular weight is 410 g/mol. The highest BCUT2D eigenvalue weighted by Crippen LogP contribution is 2.39. The molecular weight excluding hydrogens is 386 g/mol. The molecule has 1 aromatic heterocycles. The summed E-state index contributed by atoms with van der Waals surface area (Å²) in [6.07, 6.45) is 6.21. The van der Waals surface area contributed by atoms with Gasteiger partial charge in [0.2, 0.25) is 0 Å². The van der Waals surface area contributed by atoms with Crippen LogP contribution in [0.2, 0.25) is 0 Å². The van der Waals surface area contributed by atoms with Gasteiger partial charge in [0, 0.05) is 4.88 Å². The van der Waals surface area contributed by atoms with Crippen LogP contribution < -0.4 is 15.8 Å². The summed E-state index contributed by atoms with van der Waals surface area (Å²) in [6, 6.07) is 9.13. The van der Waals surface area contributed by atoms with Crippen molar-refractivity contribution in [2.75, 3.05) is 11.9 Å². The molecule has 0 saturated carbocycles. The normalized spacial score (nSPS) is 12.9. The van der Waals surface area contributed by atoms with E-state index in [-0.39, 0.29) is 5.57 Å². The molecule has 0 aliphatic heterocycles. The second kappa shape index (κ2) is 9.39. The van der Waals surface area contributed by atoms with Gasteiger partial charge in [0.15, 0.2) is 0 Å². The maximum Gasteiger partial charge on any atom is 0.266 e. The number of benzene rings is 1. The molecule has 0 saturated heterocycles. The molecule has 2 amide bonds. The first kappa shape index (κ1) is 20.6. The molecule has 1 aliphatic carbocycles. The van der Waals surface area contributed by atoms with Crippen LogP contribution in [0.15, 0.2) is 29.8 Å². The summed E-state index contributed by atoms with van der Waals surface area (Å²) >= 11 is 1.36. The molecule has 6 nitrogen and oxygen atoms in total. The minimum Gasteiger partial charge on any atom is -0.494 e. The Hall–Kier alpha value is -3.11. The second-order valence-electron chi connectivity index (χ2n) is 6.82. The Morgan fingerprint density at radius 3 is 2.72 bits per heavy atom. The van der Waals surface area contributed by atoms with Crippen LogP contribution in [-0.2, 0) is 17.6 Å². The highest BCUT2D eigenvalue weighted by Gasteiger charge is 2.26. The van der Waals surface area contributed by atoms with Crippen molar-refractivity contribution in [1.82, 2.24) is 0 Å². The van der Waals surface area contributed by atoms with Crippen molar-refractivity contribution in [1.29, 1.82) is 5.26 Å². The molecular formula is C22H23N3O3S. The van der Waals surface area contributed by atoms with E-state index in [9.17, 15) is 14.9 Å². The third kappa shape index (κ3) is 4.84. The molecule has 2 aromatic rings. The fraction of sp³-hybridized carbons (Fsp3) is 0.318. The lowest BCUT2D eigenvalue weighted by molar-refractivity contribution is -0.112. The van der Waals surface area contributed by atoms with Crippen LogP contribution in [0.4, 0.5) is 5.00 Å². The summed E-state index contributed by atoms with van der Waals surface area (Å²) in [6.45, 7) is 2.76. The van der Waals surface area contributed by atoms with E-state index in [1.54, 1.807) is 12.1 Å². The number of nitrogens with zero attached hydrogens (tertiary/aromatic N) is 1. The Morgan fingerprint density at radius 2 is 2.07 bits per heavy atom. The van der Waals surface area contributed by atoms with Gasteiger partial charge in [-0.1, -0.05) is 25.5 Å². The van der Waals surface area contributed by atoms with Crippen molar-refractivity contribution in [3.05, 3.63) is 51.4 Å². The lowest BCUT2D eigenvalue weighted by Gasteiger charge is -2.06. The SMILES string of the molecule is CCCCOc1ccc(/C=C(\C#N)C(=O)Nc2sc3c(c2C(N)=O)CCC3)cc1. The van der Waals surface area contributed by atoms with Crippen LogP contribution in [0.25, 0.3) is 6.08 Å². The van der Waals surface area contributed by atoms with E-state index in [2.05, 4.69) is 12.2 Å². The lowest BCUT2D eigenvalue weighted by atomic mass is 10.1. The van der Waals surface area contributed by atoms with Crippen LogP contribution in [0.3, 0.4) is 0 Å². The first-order valence-electron chi connectivity index (χ1n) is 9.63. The number of nitriles is 1. The number of fused-ring (bicyclic) bond motifs is 1. The van der Waals surface area contributed by atoms with Crippen molar-refractivity contribution >= 4 is 34.2 Å². The Bertz CT molecular complexity index is 984. The summed E-state index contributed by atoms with van der Waals surface area (Å²) in [4.78, 5) is 25.6. The number of rotatable bonds is 8. The van der Waals surface area contributed by atoms with E-state index in [0.29, 0.717) is 22.7 Å². The Kier molecular flexibility index (Phi) is 6.68. The van der Waals surface area contributed by atoms with E-state index in [1.807, 2.05) is 18.2 Å². The summed E-state index contributed by atoms with van der Waals surface area (Å²) in [7, 11) is 0. The standard InChI is InChI=1S/C22H23N3O3S/c1-2-3-11-28-16-9-7-14(8-10-16)12-15(13-23)21(27)25-22-19(20(24)26)17-5-4-6-18(17)29-22/h7-10,12H,2-6,11H2,1H3,(H2,24,26)(H,25,27)/b15-12+. The number of amides is 2. The maximum atomic E-state index is 12.6. The molecule has 3 rings (SSSR count). The molecule has 0 unspecified atom stereocenters. The maximum absolute atomic E-state index is 12.6. The Labute approximate surface area is 174 Å². The van der Waals surface area contributed by atoms with Crippen LogP contribution in [0.5, 0.6) is 5.75 Å². The fourth-order valence-corrected chi connectivity index (χ4v) is 4.52. The zero-order chi connectivity index (χ0) is 20.8. The van der Waals surface area contributed by atoms with E-state index in [1.165, 1.54) is 17.4 Å². The number of aryl methyl sites for hydroxylation is 1. The molecule has 150 valence electrons. The van der Waals surface area contributed by atoms with Crippen molar-refractivity contribution in [3.63, 3.8) is 0 Å². The molecule has 0 atom stereocenters. The predicted molar refractivity (Wildman–Crippen MR) is 114 cm³/mol. The lowest BCUT2D eigenvalue weighted by Crippen LogP contribution is -2.18. The van der Waals surface area contributed by atoms with Gasteiger partial charge in [-0.2, -0.15) is 5.26 Å². The number of carbonyl (C=O) groups excluding carboxylic acids is 2. The van der Waals surface area contributed by atoms with Gasteiger partial charge in [-0.3, -0.25) is 9.59 Å². The van der Waals surface area contributed by atoms with E-state index in [4.69, 9.17) is 10.5 Å². The number of hydrogen-bond donors (Lipinski definition) is 2. The number of anilines is 1. The summed E-state index contributed by atoms with van der Waals surface area (Å²) in [5.74, 6) is -0.364. The number of nitrogens with two attached hydrogens (primary N) is 1. The highest BCUT2D eigenvalue weighted by molar-refractivity contribution is 7.17. The average Bonchev–Trinajstić information content (AvgIpc) is 3.27. The van der Waals surface area contributed by atoms with Crippen LogP contribution in [0.1, 0.15) is 52.5 Å². The quantitative estimate of drug-likeness (QED) is 0.390. The number of thiophene rings is 1. The van der Waals surface area contributed by atoms with Gasteiger partial charge in [-0.15, -0.1) is 11.3 Å². The number of nitrogens with one attached hydrogen (secondary N) is 1. The van der Waals surface area contributed by atoms with Gasteiger partial charge < -0.3 is 15.8 Å². The second-order valence-corrected chi connectivity index (χ2v) is 7.93. The van der Waals surface area contributed by atoms with Crippen LogP contribution in [-0.4, -0.2) is 18.4 Å². The topological polar surface area (TPSA) is 105 Å². The molecule has 1 heterocycles. The van der Waals surface area contributed by atoms with Gasteiger partial charge in [-0.25, -0.2) is 0 Å². The predicted octanol–water partition coefficient (Wildman–Crippen LogP) is 4.06. The highest BCUT2D eigenvalue weighted by atomic mass is 32.1. The number of unbranched alkanes of at least 4 members (excludes halogenated alkanes) is 1. The molecule has 0 spiro atoms. The summed E-state index contributed by atoms with van der Waals surface area (Å²) in [5, 5.41) is 12.6. The summed E-state index contributed by atoms with van der Waals surface area (Å²) < 4.78 is 5.62. The monoisotopic (exact) mass is 409 g/mol. The first-order valence-corrected chi connectivity index (χ1v) is 10.5. The smallest absolute Gasteiger partial charge is 0.266 e. The Balaban J connectivity index is 1.74. The van der Waals surface area contributed by atoms with Gasteiger partial charge in [0.05, 0.1) is 12.2 Å². The third-order valence-electron chi connectivity index (χ3n) is 4.72. The van der Waals surface area contributed by atoms with Crippen molar-refractivity contribution in [3.8, 4) is 11.8 Å². The van der Waals surface area contributed by atoms with Gasteiger partial charge in [0.1, 0.15) is 22.4 Å². The van der Waals surface area contributed by atoms with E-state index in [0.717, 1.165) is 48.3 Å². The fourth-order valence-electron chi connectivity index (χ4n) is 3.23. The summed E-state index contributed by atoms with van der Waals surface area (Å²) in [5.41, 5.74) is 7.49. The molecule has 0 radical (unpaired) electrons. The zero-order valence-corrected chi connectivity index (χ0v) is 17.1. The molecule has 0 bridgehead atoms. The molecule has 29 heavy (non-hydrogen) atoms. The third-order valence-corrected chi connectivity index (χ3v) is 5.92. The Morgan fingerprint density at radius 1 is 1.31 bits per heavy atom. The largest absolute Gasteiger partial charge is 0.494 e. The van der Waals surface area contributed by atoms with Crippen molar-refractivity contribution in [2.45, 2.75) is 39.0 Å². The molecule has 3 N–H and O–H groups in total. The van der Waals surface area contributed by atoms with Gasteiger partial charge in [0.25, 0.3) is 11.8 Å². The first-order chi connectivity index (χ1) is 14.0. The molecule has 1 aromatic carbocycles. The van der Waals surface area contributed by atoms with Crippen LogP contribution in [0, 0.1) is 11.3 Å². The molecule has 0 fully saturated rings. The van der Waals surface area contributed by atoms with Crippen molar-refractivity contribution < 1.29 is 14.3 Å². The van der Waals surface area contributed by atoms with Crippen molar-refractivity contribution in [2.24, 2.45) is 5.73 Å². The number of primary amides is 1. The van der Waals surface area contributed by atoms with Gasteiger partial charge in [-0.05, 0) is 55.0 Å². The van der Waals surface area contributed by atoms with Crippen LogP contribution >= 0.6 is 11.3 Å². The van der Waals surface area contributed by atoms with E-state index < -0.39 is 11.8 Å². The number of hydrogen-bond acceptors (Lipinski definition) is 5. The molecule has 7 heteroatoms. The minimum atomic E-state index is -0.557. The minimum absolute atomic E-state index is 0.0476. The van der Waals surface area contributed by atoms with Gasteiger partial charge >= 0.3 is 0 Å². The molecule has 1 aliphatic rings. The number of carbonyl (C=O) groups is 2. The van der Waals surface area contributed by atoms with E-state index >= 15 is 0 Å². The zero-order valence-electron chi connectivity index (χ0n) is 16.3.